The van der Waals surface area contributed by atoms with Crippen molar-refractivity contribution in [3.8, 4) is 0 Å². The number of aromatic nitrogens is 1. The van der Waals surface area contributed by atoms with Gasteiger partial charge >= 0.3 is 5.97 Å². The second kappa shape index (κ2) is 6.41. The number of pyridine rings is 1. The Morgan fingerprint density at radius 3 is 2.86 bits per heavy atom. The van der Waals surface area contributed by atoms with E-state index in [4.69, 9.17) is 16.7 Å². The average molecular weight is 307 g/mol. The Kier molecular flexibility index (Phi) is 4.80. The van der Waals surface area contributed by atoms with Gasteiger partial charge < -0.3 is 10.4 Å². The minimum Gasteiger partial charge on any atom is -0.481 e. The number of rotatable bonds is 6. The number of nitrogens with one attached hydrogen (secondary N) is 1. The van der Waals surface area contributed by atoms with Crippen molar-refractivity contribution in [2.45, 2.75) is 26.8 Å². The van der Waals surface area contributed by atoms with Crippen molar-refractivity contribution in [1.29, 1.82) is 0 Å². The zero-order valence-electron chi connectivity index (χ0n) is 12.2. The van der Waals surface area contributed by atoms with Crippen LogP contribution in [0.3, 0.4) is 0 Å². The molecular formula is C16H19ClN2O2. The summed E-state index contributed by atoms with van der Waals surface area (Å²) in [6.07, 6.45) is 2.32. The number of hydrogen-bond acceptors (Lipinski definition) is 3. The van der Waals surface area contributed by atoms with Crippen LogP contribution in [0, 0.1) is 5.41 Å². The van der Waals surface area contributed by atoms with Crippen LogP contribution in [0.4, 0.5) is 0 Å². The normalized spacial score (nSPS) is 11.8. The molecule has 112 valence electrons. The van der Waals surface area contributed by atoms with Crippen LogP contribution in [0.25, 0.3) is 10.9 Å². The number of carboxylic acids is 1. The van der Waals surface area contributed by atoms with E-state index in [1.54, 1.807) is 20.0 Å². The van der Waals surface area contributed by atoms with Gasteiger partial charge in [-0.3, -0.25) is 9.78 Å². The van der Waals surface area contributed by atoms with Crippen LogP contribution in [-0.4, -0.2) is 22.6 Å². The molecule has 0 saturated carbocycles. The maximum absolute atomic E-state index is 11.0. The van der Waals surface area contributed by atoms with E-state index in [-0.39, 0.29) is 0 Å². The number of carboxylic acid groups (broad SMARTS) is 1. The number of aliphatic carboxylic acids is 1. The van der Waals surface area contributed by atoms with Crippen molar-refractivity contribution < 1.29 is 9.90 Å². The molecule has 0 aliphatic heterocycles. The first kappa shape index (κ1) is 15.7. The van der Waals surface area contributed by atoms with Crippen molar-refractivity contribution in [3.05, 3.63) is 41.0 Å². The average Bonchev–Trinajstić information content (AvgIpc) is 2.46. The summed E-state index contributed by atoms with van der Waals surface area (Å²) in [5.74, 6) is -0.775. The van der Waals surface area contributed by atoms with E-state index in [9.17, 15) is 4.79 Å². The van der Waals surface area contributed by atoms with Gasteiger partial charge in [-0.25, -0.2) is 0 Å². The molecule has 2 N–H and O–H groups in total. The molecule has 0 aliphatic carbocycles. The smallest absolute Gasteiger partial charge is 0.309 e. The van der Waals surface area contributed by atoms with Gasteiger partial charge in [0.15, 0.2) is 0 Å². The van der Waals surface area contributed by atoms with Crippen LogP contribution in [0.2, 0.25) is 5.02 Å². The maximum atomic E-state index is 11.0. The molecule has 21 heavy (non-hydrogen) atoms. The molecule has 0 bridgehead atoms. The Morgan fingerprint density at radius 2 is 2.14 bits per heavy atom. The lowest BCUT2D eigenvalue weighted by molar-refractivity contribution is -0.147. The van der Waals surface area contributed by atoms with Gasteiger partial charge in [0.2, 0.25) is 0 Å². The summed E-state index contributed by atoms with van der Waals surface area (Å²) in [7, 11) is 0. The van der Waals surface area contributed by atoms with Crippen LogP contribution in [-0.2, 0) is 11.3 Å². The van der Waals surface area contributed by atoms with Crippen LogP contribution in [0.15, 0.2) is 30.5 Å². The highest BCUT2D eigenvalue weighted by Crippen LogP contribution is 2.25. The zero-order chi connectivity index (χ0) is 15.5. The summed E-state index contributed by atoms with van der Waals surface area (Å²) in [4.78, 5) is 15.4. The Morgan fingerprint density at radius 1 is 1.38 bits per heavy atom. The van der Waals surface area contributed by atoms with Crippen molar-refractivity contribution >= 4 is 28.5 Å². The Bertz CT molecular complexity index is 656. The minimum absolute atomic E-state index is 0.571. The molecule has 0 saturated heterocycles. The number of hydrogen-bond donors (Lipinski definition) is 2. The van der Waals surface area contributed by atoms with Gasteiger partial charge in [0, 0.05) is 23.2 Å². The summed E-state index contributed by atoms with van der Waals surface area (Å²) >= 11 is 6.16. The summed E-state index contributed by atoms with van der Waals surface area (Å²) in [5.41, 5.74) is 1.23. The fourth-order valence-electron chi connectivity index (χ4n) is 2.07. The predicted octanol–water partition coefficient (Wildman–Crippen LogP) is 3.48. The molecule has 0 spiro atoms. The van der Waals surface area contributed by atoms with E-state index >= 15 is 0 Å². The summed E-state index contributed by atoms with van der Waals surface area (Å²) in [5, 5.41) is 14.0. The quantitative estimate of drug-likeness (QED) is 0.802. The van der Waals surface area contributed by atoms with Crippen molar-refractivity contribution in [2.75, 3.05) is 6.54 Å². The van der Waals surface area contributed by atoms with Gasteiger partial charge in [-0.15, -0.1) is 0 Å². The molecule has 0 amide bonds. The fraction of sp³-hybridized carbons (Fsp3) is 0.375. The Labute approximate surface area is 129 Å². The van der Waals surface area contributed by atoms with Gasteiger partial charge in [-0.2, -0.15) is 0 Å². The molecule has 2 rings (SSSR count). The minimum atomic E-state index is -0.775. The highest BCUT2D eigenvalue weighted by molar-refractivity contribution is 6.35. The van der Waals surface area contributed by atoms with E-state index < -0.39 is 11.4 Å². The van der Waals surface area contributed by atoms with Crippen molar-refractivity contribution in [3.63, 3.8) is 0 Å². The van der Waals surface area contributed by atoms with E-state index in [1.165, 1.54) is 0 Å². The zero-order valence-corrected chi connectivity index (χ0v) is 12.9. The molecular weight excluding hydrogens is 288 g/mol. The Hall–Kier alpha value is -1.65. The number of fused-ring (bicyclic) bond motifs is 1. The summed E-state index contributed by atoms with van der Waals surface area (Å²) in [6, 6.07) is 7.62. The van der Waals surface area contributed by atoms with Crippen LogP contribution >= 0.6 is 11.6 Å². The van der Waals surface area contributed by atoms with Crippen LogP contribution in [0.1, 0.15) is 25.8 Å². The third kappa shape index (κ3) is 3.71. The number of benzene rings is 1. The van der Waals surface area contributed by atoms with Gasteiger partial charge in [-0.05, 0) is 50.6 Å². The van der Waals surface area contributed by atoms with E-state index in [0.717, 1.165) is 16.5 Å². The summed E-state index contributed by atoms with van der Waals surface area (Å²) < 4.78 is 0. The predicted molar refractivity (Wildman–Crippen MR) is 84.5 cm³/mol. The molecule has 0 radical (unpaired) electrons. The van der Waals surface area contributed by atoms with E-state index in [0.29, 0.717) is 24.5 Å². The molecule has 4 nitrogen and oxygen atoms in total. The largest absolute Gasteiger partial charge is 0.481 e. The van der Waals surface area contributed by atoms with Gasteiger partial charge in [0.1, 0.15) is 0 Å². The molecule has 5 heteroatoms. The van der Waals surface area contributed by atoms with Crippen molar-refractivity contribution in [2.24, 2.45) is 5.41 Å². The van der Waals surface area contributed by atoms with E-state index in [1.807, 2.05) is 24.3 Å². The third-order valence-electron chi connectivity index (χ3n) is 3.62. The second-order valence-corrected chi connectivity index (χ2v) is 6.13. The van der Waals surface area contributed by atoms with E-state index in [2.05, 4.69) is 10.3 Å². The summed E-state index contributed by atoms with van der Waals surface area (Å²) in [6.45, 7) is 4.74. The van der Waals surface area contributed by atoms with Crippen LogP contribution in [0.5, 0.6) is 0 Å². The first-order valence-electron chi connectivity index (χ1n) is 6.88. The number of halogens is 1. The monoisotopic (exact) mass is 306 g/mol. The molecule has 0 atom stereocenters. The molecule has 0 unspecified atom stereocenters. The van der Waals surface area contributed by atoms with Gasteiger partial charge in [-0.1, -0.05) is 17.7 Å². The first-order chi connectivity index (χ1) is 9.92. The topological polar surface area (TPSA) is 62.2 Å². The second-order valence-electron chi connectivity index (χ2n) is 5.72. The third-order valence-corrected chi connectivity index (χ3v) is 3.95. The molecule has 0 aliphatic rings. The highest BCUT2D eigenvalue weighted by Gasteiger charge is 2.26. The number of carbonyl (C=O) groups is 1. The lowest BCUT2D eigenvalue weighted by Gasteiger charge is -2.19. The fourth-order valence-corrected chi connectivity index (χ4v) is 2.29. The maximum Gasteiger partial charge on any atom is 0.309 e. The first-order valence-corrected chi connectivity index (χ1v) is 7.26. The van der Waals surface area contributed by atoms with Gasteiger partial charge in [0.05, 0.1) is 10.9 Å². The molecule has 1 aromatic heterocycles. The Balaban J connectivity index is 2.02. The van der Waals surface area contributed by atoms with Crippen molar-refractivity contribution in [1.82, 2.24) is 10.3 Å². The molecule has 1 heterocycles. The lowest BCUT2D eigenvalue weighted by Crippen LogP contribution is -2.28. The van der Waals surface area contributed by atoms with Gasteiger partial charge in [0.25, 0.3) is 0 Å². The lowest BCUT2D eigenvalue weighted by atomic mass is 9.90. The number of nitrogens with zero attached hydrogens (tertiary/aromatic N) is 1. The SMILES string of the molecule is CC(C)(CCNCc1ccc(Cl)c2cccnc12)C(=O)O. The molecule has 0 fully saturated rings. The molecule has 2 aromatic rings. The van der Waals surface area contributed by atoms with Crippen LogP contribution < -0.4 is 5.32 Å². The highest BCUT2D eigenvalue weighted by atomic mass is 35.5. The molecule has 1 aromatic carbocycles. The standard InChI is InChI=1S/C16H19ClN2O2/c1-16(2,15(20)21)7-9-18-10-11-5-6-13(17)12-4-3-8-19-14(11)12/h3-6,8,18H,7,9-10H2,1-2H3,(H,20,21).